The van der Waals surface area contributed by atoms with E-state index >= 15 is 0 Å². The highest BCUT2D eigenvalue weighted by atomic mass is 15.5. The van der Waals surface area contributed by atoms with E-state index in [1.807, 2.05) is 29.3 Å². The van der Waals surface area contributed by atoms with Gasteiger partial charge in [-0.3, -0.25) is 5.43 Å². The summed E-state index contributed by atoms with van der Waals surface area (Å²) in [6.07, 6.45) is 10.0. The van der Waals surface area contributed by atoms with Crippen LogP contribution in [0.5, 0.6) is 0 Å². The van der Waals surface area contributed by atoms with Gasteiger partial charge < -0.3 is 4.90 Å². The molecule has 1 N–H and O–H groups in total. The Morgan fingerprint density at radius 2 is 2.44 bits per heavy atom. The van der Waals surface area contributed by atoms with Crippen LogP contribution in [-0.2, 0) is 0 Å². The zero-order valence-corrected chi connectivity index (χ0v) is 4.86. The number of fused-ring (bicyclic) bond motifs is 1. The van der Waals surface area contributed by atoms with Gasteiger partial charge in [0, 0.05) is 6.20 Å². The summed E-state index contributed by atoms with van der Waals surface area (Å²) < 4.78 is 0. The van der Waals surface area contributed by atoms with Crippen LogP contribution in [0.2, 0.25) is 0 Å². The topological polar surface area (TPSA) is 27.6 Å². The predicted molar refractivity (Wildman–Crippen MR) is 35.5 cm³/mol. The summed E-state index contributed by atoms with van der Waals surface area (Å²) in [5.74, 6) is 0. The molecule has 0 bridgehead atoms. The van der Waals surface area contributed by atoms with Gasteiger partial charge in [-0.15, -0.1) is 0 Å². The Bertz CT molecular complexity index is 192. The van der Waals surface area contributed by atoms with Gasteiger partial charge in [-0.25, -0.2) is 0 Å². The van der Waals surface area contributed by atoms with Crippen LogP contribution in [-0.4, -0.2) is 17.4 Å². The van der Waals surface area contributed by atoms with E-state index < -0.39 is 0 Å². The van der Waals surface area contributed by atoms with E-state index in [1.54, 1.807) is 6.34 Å². The van der Waals surface area contributed by atoms with Crippen LogP contribution < -0.4 is 5.43 Å². The molecular weight excluding hydrogens is 114 g/mol. The van der Waals surface area contributed by atoms with Crippen molar-refractivity contribution in [2.24, 2.45) is 5.10 Å². The van der Waals surface area contributed by atoms with Crippen LogP contribution in [0.15, 0.2) is 29.5 Å². The van der Waals surface area contributed by atoms with Crippen LogP contribution in [0.3, 0.4) is 0 Å². The zero-order valence-electron chi connectivity index (χ0n) is 4.86. The number of allylic oxidation sites excluding steroid dienone is 2. The molecule has 46 valence electrons. The minimum Gasteiger partial charge on any atom is -0.312 e. The maximum absolute atomic E-state index is 3.88. The fraction of sp³-hybridized carbons (Fsp3) is 0.167. The molecule has 9 heavy (non-hydrogen) atoms. The summed E-state index contributed by atoms with van der Waals surface area (Å²) in [6.45, 7) is 0. The summed E-state index contributed by atoms with van der Waals surface area (Å²) in [7, 11) is 0. The molecule has 0 amide bonds. The second-order valence-corrected chi connectivity index (χ2v) is 1.99. The van der Waals surface area contributed by atoms with Crippen molar-refractivity contribution < 1.29 is 0 Å². The summed E-state index contributed by atoms with van der Waals surface area (Å²) in [6, 6.07) is 0. The van der Waals surface area contributed by atoms with Crippen molar-refractivity contribution in [3.8, 4) is 0 Å². The van der Waals surface area contributed by atoms with Gasteiger partial charge in [0.25, 0.3) is 0 Å². The van der Waals surface area contributed by atoms with Gasteiger partial charge >= 0.3 is 0 Å². The third-order valence-electron chi connectivity index (χ3n) is 1.38. The highest BCUT2D eigenvalue weighted by molar-refractivity contribution is 5.60. The summed E-state index contributed by atoms with van der Waals surface area (Å²) in [4.78, 5) is 2.00. The predicted octanol–water partition coefficient (Wildman–Crippen LogP) is 0.244. The average Bonchev–Trinajstić information content (AvgIpc) is 2.33. The van der Waals surface area contributed by atoms with Crippen molar-refractivity contribution in [1.82, 2.24) is 10.3 Å². The fourth-order valence-corrected chi connectivity index (χ4v) is 0.907. The molecule has 0 fully saturated rings. The third kappa shape index (κ3) is 0.614. The molecule has 0 aromatic rings. The molecule has 0 spiro atoms. The molecule has 0 aromatic heterocycles. The van der Waals surface area contributed by atoms with E-state index in [0.717, 1.165) is 0 Å². The number of hydrogen-bond donors (Lipinski definition) is 1. The number of nitrogens with one attached hydrogen (secondary N) is 1. The van der Waals surface area contributed by atoms with Gasteiger partial charge in [-0.1, -0.05) is 6.08 Å². The van der Waals surface area contributed by atoms with Crippen molar-refractivity contribution in [1.29, 1.82) is 0 Å². The molecule has 0 aromatic carbocycles. The molecule has 2 aliphatic heterocycles. The second-order valence-electron chi connectivity index (χ2n) is 1.99. The van der Waals surface area contributed by atoms with Gasteiger partial charge in [0.1, 0.15) is 12.5 Å². The average molecular weight is 121 g/mol. The number of hydrogen-bond acceptors (Lipinski definition) is 3. The molecule has 1 atom stereocenters. The Morgan fingerprint density at radius 1 is 1.44 bits per heavy atom. The summed E-state index contributed by atoms with van der Waals surface area (Å²) in [5.41, 5.74) is 2.92. The second kappa shape index (κ2) is 1.62. The van der Waals surface area contributed by atoms with Gasteiger partial charge in [-0.05, 0) is 12.2 Å². The first-order valence-corrected chi connectivity index (χ1v) is 2.88. The summed E-state index contributed by atoms with van der Waals surface area (Å²) >= 11 is 0. The third-order valence-corrected chi connectivity index (χ3v) is 1.38. The van der Waals surface area contributed by atoms with Gasteiger partial charge in [0.15, 0.2) is 0 Å². The largest absolute Gasteiger partial charge is 0.312 e. The molecular formula is C6H7N3. The van der Waals surface area contributed by atoms with Crippen molar-refractivity contribution >= 4 is 6.34 Å². The molecule has 0 aliphatic carbocycles. The van der Waals surface area contributed by atoms with E-state index in [0.29, 0.717) is 0 Å². The van der Waals surface area contributed by atoms with Gasteiger partial charge in [0.2, 0.25) is 0 Å². The standard InChI is InChI=1S/C6H7N3/c1-2-4-9-5-7-8-6(9)3-1/h1-6,8H. The molecule has 3 nitrogen and oxygen atoms in total. The lowest BCUT2D eigenvalue weighted by molar-refractivity contribution is 0.451. The molecule has 3 heteroatoms. The number of rotatable bonds is 0. The first-order chi connectivity index (χ1) is 4.47. The lowest BCUT2D eigenvalue weighted by Gasteiger charge is -2.18. The van der Waals surface area contributed by atoms with Crippen molar-refractivity contribution in [2.75, 3.05) is 0 Å². The maximum atomic E-state index is 3.88. The Morgan fingerprint density at radius 3 is 3.33 bits per heavy atom. The molecule has 0 radical (unpaired) electrons. The van der Waals surface area contributed by atoms with E-state index in [4.69, 9.17) is 0 Å². The molecule has 2 aliphatic rings. The Balaban J connectivity index is 2.25. The molecule has 0 saturated carbocycles. The van der Waals surface area contributed by atoms with E-state index in [2.05, 4.69) is 10.5 Å². The summed E-state index contributed by atoms with van der Waals surface area (Å²) in [5, 5.41) is 3.88. The maximum Gasteiger partial charge on any atom is 0.139 e. The lowest BCUT2D eigenvalue weighted by Crippen LogP contribution is -2.31. The van der Waals surface area contributed by atoms with Crippen LogP contribution in [0.4, 0.5) is 0 Å². The molecule has 1 unspecified atom stereocenters. The molecule has 2 heterocycles. The van der Waals surface area contributed by atoms with Crippen LogP contribution in [0, 0.1) is 0 Å². The molecule has 2 rings (SSSR count). The monoisotopic (exact) mass is 121 g/mol. The van der Waals surface area contributed by atoms with Crippen molar-refractivity contribution in [3.05, 3.63) is 24.4 Å². The first kappa shape index (κ1) is 4.61. The highest BCUT2D eigenvalue weighted by Crippen LogP contribution is 2.06. The Labute approximate surface area is 53.3 Å². The van der Waals surface area contributed by atoms with E-state index in [-0.39, 0.29) is 6.17 Å². The minimum absolute atomic E-state index is 0.259. The smallest absolute Gasteiger partial charge is 0.139 e. The quantitative estimate of drug-likeness (QED) is 0.497. The fourth-order valence-electron chi connectivity index (χ4n) is 0.907. The lowest BCUT2D eigenvalue weighted by atomic mass is 10.3. The van der Waals surface area contributed by atoms with E-state index in [1.165, 1.54) is 0 Å². The van der Waals surface area contributed by atoms with Crippen LogP contribution in [0.1, 0.15) is 0 Å². The normalized spacial score (nSPS) is 28.4. The number of nitrogens with zero attached hydrogens (tertiary/aromatic N) is 2. The Kier molecular flexibility index (Phi) is 0.828. The van der Waals surface area contributed by atoms with Crippen LogP contribution >= 0.6 is 0 Å². The van der Waals surface area contributed by atoms with Gasteiger partial charge in [0.05, 0.1) is 0 Å². The van der Waals surface area contributed by atoms with Crippen molar-refractivity contribution in [3.63, 3.8) is 0 Å². The SMILES string of the molecule is C1=CC2NN=CN2C=C1. The Hall–Kier alpha value is -1.25. The zero-order chi connectivity index (χ0) is 6.10. The first-order valence-electron chi connectivity index (χ1n) is 2.88. The number of hydrazone groups is 1. The van der Waals surface area contributed by atoms with E-state index in [9.17, 15) is 0 Å². The molecule has 0 saturated heterocycles. The highest BCUT2D eigenvalue weighted by Gasteiger charge is 2.14. The van der Waals surface area contributed by atoms with Crippen molar-refractivity contribution in [2.45, 2.75) is 6.17 Å². The van der Waals surface area contributed by atoms with Crippen LogP contribution in [0.25, 0.3) is 0 Å². The van der Waals surface area contributed by atoms with Gasteiger partial charge in [-0.2, -0.15) is 5.10 Å². The minimum atomic E-state index is 0.259.